The van der Waals surface area contributed by atoms with Gasteiger partial charge in [-0.3, -0.25) is 0 Å². The van der Waals surface area contributed by atoms with Gasteiger partial charge in [-0.2, -0.15) is 13.2 Å². The molecule has 1 aliphatic rings. The van der Waals surface area contributed by atoms with Crippen molar-refractivity contribution in [3.63, 3.8) is 0 Å². The first-order valence-electron chi connectivity index (χ1n) is 5.14. The quantitative estimate of drug-likeness (QED) is 0.753. The van der Waals surface area contributed by atoms with Gasteiger partial charge in [-0.15, -0.1) is 0 Å². The lowest BCUT2D eigenvalue weighted by Gasteiger charge is -2.19. The number of likely N-dealkylation sites (tertiary alicyclic amines) is 1. The summed E-state index contributed by atoms with van der Waals surface area (Å²) in [5, 5.41) is 1.85. The molecule has 1 rings (SSSR count). The second-order valence-electron chi connectivity index (χ2n) is 4.13. The molecule has 16 heavy (non-hydrogen) atoms. The number of rotatable bonds is 2. The van der Waals surface area contributed by atoms with Gasteiger partial charge in [-0.25, -0.2) is 4.79 Å². The number of nitrogens with zero attached hydrogens (tertiary/aromatic N) is 1. The van der Waals surface area contributed by atoms with Crippen molar-refractivity contribution in [2.24, 2.45) is 11.7 Å². The van der Waals surface area contributed by atoms with E-state index >= 15 is 0 Å². The summed E-state index contributed by atoms with van der Waals surface area (Å²) in [6.45, 7) is 1.45. The highest BCUT2D eigenvalue weighted by molar-refractivity contribution is 5.74. The average molecular weight is 239 g/mol. The van der Waals surface area contributed by atoms with Crippen LogP contribution in [-0.4, -0.2) is 42.8 Å². The number of urea groups is 1. The third-order valence-electron chi connectivity index (χ3n) is 2.70. The molecule has 2 atom stereocenters. The Labute approximate surface area is 92.0 Å². The van der Waals surface area contributed by atoms with E-state index in [1.165, 1.54) is 4.90 Å². The van der Waals surface area contributed by atoms with Crippen LogP contribution in [0.3, 0.4) is 0 Å². The second kappa shape index (κ2) is 4.90. The number of hydrogen-bond acceptors (Lipinski definition) is 2. The zero-order valence-electron chi connectivity index (χ0n) is 9.05. The molecule has 94 valence electrons. The van der Waals surface area contributed by atoms with Crippen molar-refractivity contribution in [2.45, 2.75) is 25.6 Å². The first-order valence-corrected chi connectivity index (χ1v) is 5.14. The molecule has 3 N–H and O–H groups in total. The molecule has 1 fully saturated rings. The van der Waals surface area contributed by atoms with Gasteiger partial charge in [0.1, 0.15) is 6.54 Å². The van der Waals surface area contributed by atoms with Crippen LogP contribution in [0.2, 0.25) is 0 Å². The Bertz CT molecular complexity index is 255. The van der Waals surface area contributed by atoms with Crippen LogP contribution in [0, 0.1) is 5.92 Å². The number of carbonyl (C=O) groups excluding carboxylic acids is 1. The summed E-state index contributed by atoms with van der Waals surface area (Å²) >= 11 is 0. The summed E-state index contributed by atoms with van der Waals surface area (Å²) in [7, 11) is 0. The zero-order chi connectivity index (χ0) is 12.3. The number of halogens is 3. The molecule has 0 aliphatic carbocycles. The molecule has 0 saturated carbocycles. The van der Waals surface area contributed by atoms with Gasteiger partial charge in [0.25, 0.3) is 0 Å². The lowest BCUT2D eigenvalue weighted by atomic mass is 10.0. The highest BCUT2D eigenvalue weighted by Gasteiger charge is 2.32. The first kappa shape index (κ1) is 13.1. The molecule has 0 bridgehead atoms. The lowest BCUT2D eigenvalue weighted by Crippen LogP contribution is -2.43. The maximum atomic E-state index is 11.9. The fraction of sp³-hybridized carbons (Fsp3) is 0.889. The van der Waals surface area contributed by atoms with Crippen LogP contribution in [-0.2, 0) is 0 Å². The van der Waals surface area contributed by atoms with Gasteiger partial charge in [-0.1, -0.05) is 0 Å². The number of nitrogens with one attached hydrogen (secondary N) is 1. The monoisotopic (exact) mass is 239 g/mol. The minimum Gasteiger partial charge on any atom is -0.329 e. The van der Waals surface area contributed by atoms with Crippen LogP contribution in [0.15, 0.2) is 0 Å². The van der Waals surface area contributed by atoms with Crippen molar-refractivity contribution in [3.05, 3.63) is 0 Å². The van der Waals surface area contributed by atoms with Crippen molar-refractivity contribution >= 4 is 6.03 Å². The summed E-state index contributed by atoms with van der Waals surface area (Å²) in [4.78, 5) is 12.7. The summed E-state index contributed by atoms with van der Waals surface area (Å²) < 4.78 is 35.6. The minimum atomic E-state index is -4.37. The van der Waals surface area contributed by atoms with Crippen molar-refractivity contribution < 1.29 is 18.0 Å². The predicted molar refractivity (Wildman–Crippen MR) is 52.8 cm³/mol. The smallest absolute Gasteiger partial charge is 0.329 e. The highest BCUT2D eigenvalue weighted by atomic mass is 19.4. The van der Waals surface area contributed by atoms with Crippen LogP contribution < -0.4 is 11.1 Å². The van der Waals surface area contributed by atoms with Crippen molar-refractivity contribution in [2.75, 3.05) is 19.6 Å². The summed E-state index contributed by atoms with van der Waals surface area (Å²) in [6, 6.07) is -0.708. The van der Waals surface area contributed by atoms with Crippen molar-refractivity contribution in [1.82, 2.24) is 10.2 Å². The van der Waals surface area contributed by atoms with E-state index in [2.05, 4.69) is 0 Å². The van der Waals surface area contributed by atoms with Crippen LogP contribution >= 0.6 is 0 Å². The molecular formula is C9H16F3N3O. The van der Waals surface area contributed by atoms with Gasteiger partial charge >= 0.3 is 12.2 Å². The van der Waals surface area contributed by atoms with Gasteiger partial charge in [0, 0.05) is 19.1 Å². The topological polar surface area (TPSA) is 58.4 Å². The number of amides is 2. The maximum Gasteiger partial charge on any atom is 0.405 e. The van der Waals surface area contributed by atoms with Crippen LogP contribution in [0.25, 0.3) is 0 Å². The molecule has 1 saturated heterocycles. The third kappa shape index (κ3) is 3.88. The van der Waals surface area contributed by atoms with E-state index in [-0.39, 0.29) is 12.0 Å². The van der Waals surface area contributed by atoms with Gasteiger partial charge in [0.15, 0.2) is 0 Å². The van der Waals surface area contributed by atoms with E-state index in [4.69, 9.17) is 5.73 Å². The van der Waals surface area contributed by atoms with Crippen LogP contribution in [0.1, 0.15) is 13.3 Å². The SMILES string of the molecule is CC(N)C1CCN(C(=O)NCC(F)(F)F)C1. The normalized spacial score (nSPS) is 23.3. The summed E-state index contributed by atoms with van der Waals surface area (Å²) in [6.07, 6.45) is -3.62. The summed E-state index contributed by atoms with van der Waals surface area (Å²) in [5.74, 6) is 0.177. The highest BCUT2D eigenvalue weighted by Crippen LogP contribution is 2.19. The largest absolute Gasteiger partial charge is 0.405 e. The number of carbonyl (C=O) groups is 1. The Morgan fingerprint density at radius 3 is 2.69 bits per heavy atom. The van der Waals surface area contributed by atoms with Gasteiger partial charge in [0.2, 0.25) is 0 Å². The molecular weight excluding hydrogens is 223 g/mol. The standard InChI is InChI=1S/C9H16F3N3O/c1-6(13)7-2-3-15(4-7)8(16)14-5-9(10,11)12/h6-7H,2-5,13H2,1H3,(H,14,16). The first-order chi connectivity index (χ1) is 7.29. The Kier molecular flexibility index (Phi) is 4.01. The molecule has 0 spiro atoms. The fourth-order valence-corrected chi connectivity index (χ4v) is 1.69. The Morgan fingerprint density at radius 2 is 2.25 bits per heavy atom. The molecule has 4 nitrogen and oxygen atoms in total. The van der Waals surface area contributed by atoms with Gasteiger partial charge in [-0.05, 0) is 19.3 Å². The van der Waals surface area contributed by atoms with Crippen LogP contribution in [0.4, 0.5) is 18.0 Å². The van der Waals surface area contributed by atoms with Gasteiger partial charge in [0.05, 0.1) is 0 Å². The van der Waals surface area contributed by atoms with E-state index in [9.17, 15) is 18.0 Å². The Morgan fingerprint density at radius 1 is 1.62 bits per heavy atom. The van der Waals surface area contributed by atoms with Crippen molar-refractivity contribution in [3.8, 4) is 0 Å². The van der Waals surface area contributed by atoms with Crippen molar-refractivity contribution in [1.29, 1.82) is 0 Å². The number of alkyl halides is 3. The molecule has 0 aromatic carbocycles. The van der Waals surface area contributed by atoms with E-state index in [1.54, 1.807) is 0 Å². The molecule has 0 aromatic heterocycles. The molecule has 2 unspecified atom stereocenters. The molecule has 7 heteroatoms. The summed E-state index contributed by atoms with van der Waals surface area (Å²) in [5.41, 5.74) is 5.66. The molecule has 1 heterocycles. The second-order valence-corrected chi connectivity index (χ2v) is 4.13. The zero-order valence-corrected chi connectivity index (χ0v) is 9.05. The average Bonchev–Trinajstić information content (AvgIpc) is 2.61. The number of nitrogens with two attached hydrogens (primary N) is 1. The molecule has 0 radical (unpaired) electrons. The minimum absolute atomic E-state index is 0.0413. The molecule has 1 aliphatic heterocycles. The Balaban J connectivity index is 2.34. The molecule has 2 amide bonds. The maximum absolute atomic E-state index is 11.9. The Hall–Kier alpha value is -0.980. The molecule has 0 aromatic rings. The number of hydrogen-bond donors (Lipinski definition) is 2. The fourth-order valence-electron chi connectivity index (χ4n) is 1.69. The lowest BCUT2D eigenvalue weighted by molar-refractivity contribution is -0.123. The van der Waals surface area contributed by atoms with E-state index < -0.39 is 18.8 Å². The van der Waals surface area contributed by atoms with E-state index in [0.717, 1.165) is 6.42 Å². The van der Waals surface area contributed by atoms with E-state index in [0.29, 0.717) is 13.1 Å². The third-order valence-corrected chi connectivity index (χ3v) is 2.70. The van der Waals surface area contributed by atoms with Crippen LogP contribution in [0.5, 0.6) is 0 Å². The van der Waals surface area contributed by atoms with Gasteiger partial charge < -0.3 is 16.0 Å². The predicted octanol–water partition coefficient (Wildman–Crippen LogP) is 0.927. The van der Waals surface area contributed by atoms with E-state index in [1.807, 2.05) is 12.2 Å².